The summed E-state index contributed by atoms with van der Waals surface area (Å²) < 4.78 is 5.54. The summed E-state index contributed by atoms with van der Waals surface area (Å²) in [6.45, 7) is 5.10. The van der Waals surface area contributed by atoms with E-state index in [1.165, 1.54) is 0 Å². The highest BCUT2D eigenvalue weighted by molar-refractivity contribution is 6.30. The minimum Gasteiger partial charge on any atom is -0.484 e. The average Bonchev–Trinajstić information content (AvgIpc) is 3.00. The zero-order valence-electron chi connectivity index (χ0n) is 11.5. The third-order valence-electron chi connectivity index (χ3n) is 4.41. The van der Waals surface area contributed by atoms with Gasteiger partial charge in [0.2, 0.25) is 0 Å². The molecule has 108 valence electrons. The van der Waals surface area contributed by atoms with Crippen molar-refractivity contribution in [1.29, 1.82) is 0 Å². The topological polar surface area (TPSA) is 41.6 Å². The quantitative estimate of drug-likeness (QED) is 0.924. The molecule has 5 heteroatoms. The van der Waals surface area contributed by atoms with Crippen LogP contribution in [0.25, 0.3) is 0 Å². The number of carbonyl (C=O) groups excluding carboxylic acids is 1. The van der Waals surface area contributed by atoms with Crippen LogP contribution in [0.1, 0.15) is 6.92 Å². The van der Waals surface area contributed by atoms with Gasteiger partial charge in [-0.1, -0.05) is 17.7 Å². The summed E-state index contributed by atoms with van der Waals surface area (Å²) in [6.07, 6.45) is 0. The van der Waals surface area contributed by atoms with Gasteiger partial charge < -0.3 is 15.0 Å². The minimum atomic E-state index is 0.0619. The first-order chi connectivity index (χ1) is 9.65. The highest BCUT2D eigenvalue weighted by Crippen LogP contribution is 2.32. The van der Waals surface area contributed by atoms with Crippen molar-refractivity contribution in [3.63, 3.8) is 0 Å². The fourth-order valence-electron chi connectivity index (χ4n) is 3.28. The number of hydrogen-bond acceptors (Lipinski definition) is 3. The van der Waals surface area contributed by atoms with Gasteiger partial charge in [-0.05, 0) is 37.0 Å². The molecule has 1 aromatic carbocycles. The second kappa shape index (κ2) is 5.62. The van der Waals surface area contributed by atoms with Crippen LogP contribution in [0.2, 0.25) is 5.02 Å². The lowest BCUT2D eigenvalue weighted by atomic mass is 9.95. The molecule has 20 heavy (non-hydrogen) atoms. The number of nitrogens with zero attached hydrogens (tertiary/aromatic N) is 1. The van der Waals surface area contributed by atoms with Crippen molar-refractivity contribution >= 4 is 17.5 Å². The molecule has 2 aliphatic rings. The van der Waals surface area contributed by atoms with Gasteiger partial charge in [-0.15, -0.1) is 0 Å². The standard InChI is InChI=1S/C15H19ClN2O2/c1-10-14-7-17-6-11(14)8-18(10)15(19)9-20-13-4-2-3-12(16)5-13/h2-5,10-11,14,17H,6-9H2,1H3. The van der Waals surface area contributed by atoms with E-state index in [-0.39, 0.29) is 12.5 Å². The zero-order valence-corrected chi connectivity index (χ0v) is 12.3. The van der Waals surface area contributed by atoms with Gasteiger partial charge in [0.25, 0.3) is 5.91 Å². The average molecular weight is 295 g/mol. The number of nitrogens with one attached hydrogen (secondary N) is 1. The van der Waals surface area contributed by atoms with Crippen LogP contribution in [0.15, 0.2) is 24.3 Å². The van der Waals surface area contributed by atoms with E-state index in [1.807, 2.05) is 17.0 Å². The van der Waals surface area contributed by atoms with E-state index in [2.05, 4.69) is 12.2 Å². The van der Waals surface area contributed by atoms with Crippen molar-refractivity contribution in [2.75, 3.05) is 26.2 Å². The maximum atomic E-state index is 12.3. The molecule has 0 saturated carbocycles. The number of rotatable bonds is 3. The van der Waals surface area contributed by atoms with Gasteiger partial charge in [0.15, 0.2) is 6.61 Å². The normalized spacial score (nSPS) is 28.5. The van der Waals surface area contributed by atoms with Gasteiger partial charge in [-0.3, -0.25) is 4.79 Å². The minimum absolute atomic E-state index is 0.0619. The van der Waals surface area contributed by atoms with Gasteiger partial charge in [0, 0.05) is 30.7 Å². The molecule has 1 amide bonds. The molecule has 1 aromatic rings. The van der Waals surface area contributed by atoms with E-state index in [0.29, 0.717) is 28.6 Å². The predicted octanol–water partition coefficient (Wildman–Crippen LogP) is 1.79. The van der Waals surface area contributed by atoms with Crippen LogP contribution in [0.5, 0.6) is 5.75 Å². The lowest BCUT2D eigenvalue weighted by molar-refractivity contribution is -0.134. The molecule has 1 N–H and O–H groups in total. The Labute approximate surface area is 124 Å². The van der Waals surface area contributed by atoms with Gasteiger partial charge in [-0.2, -0.15) is 0 Å². The molecule has 0 aliphatic carbocycles. The number of likely N-dealkylation sites (tertiary alicyclic amines) is 1. The third kappa shape index (κ3) is 2.63. The molecule has 0 bridgehead atoms. The van der Waals surface area contributed by atoms with Gasteiger partial charge in [0.05, 0.1) is 0 Å². The molecule has 3 atom stereocenters. The highest BCUT2D eigenvalue weighted by atomic mass is 35.5. The van der Waals surface area contributed by atoms with Crippen molar-refractivity contribution in [3.8, 4) is 5.75 Å². The Morgan fingerprint density at radius 3 is 3.10 bits per heavy atom. The molecule has 2 fully saturated rings. The summed E-state index contributed by atoms with van der Waals surface area (Å²) in [5, 5.41) is 4.01. The second-order valence-corrected chi connectivity index (χ2v) is 6.05. The van der Waals surface area contributed by atoms with E-state index >= 15 is 0 Å². The Hall–Kier alpha value is -1.26. The fraction of sp³-hybridized carbons (Fsp3) is 0.533. The number of ether oxygens (including phenoxy) is 1. The molecule has 2 saturated heterocycles. The van der Waals surface area contributed by atoms with Crippen LogP contribution in [-0.2, 0) is 4.79 Å². The summed E-state index contributed by atoms with van der Waals surface area (Å²) in [4.78, 5) is 14.3. The van der Waals surface area contributed by atoms with Crippen molar-refractivity contribution < 1.29 is 9.53 Å². The van der Waals surface area contributed by atoms with Crippen LogP contribution in [0.4, 0.5) is 0 Å². The number of benzene rings is 1. The van der Waals surface area contributed by atoms with Crippen LogP contribution in [0.3, 0.4) is 0 Å². The van der Waals surface area contributed by atoms with E-state index in [0.717, 1.165) is 19.6 Å². The molecular weight excluding hydrogens is 276 g/mol. The second-order valence-electron chi connectivity index (χ2n) is 5.61. The first-order valence-electron chi connectivity index (χ1n) is 7.03. The maximum Gasteiger partial charge on any atom is 0.260 e. The molecule has 2 heterocycles. The smallest absolute Gasteiger partial charge is 0.260 e. The maximum absolute atomic E-state index is 12.3. The molecule has 3 rings (SSSR count). The van der Waals surface area contributed by atoms with E-state index in [9.17, 15) is 4.79 Å². The lowest BCUT2D eigenvalue weighted by Crippen LogP contribution is -2.40. The van der Waals surface area contributed by atoms with Crippen LogP contribution in [0, 0.1) is 11.8 Å². The van der Waals surface area contributed by atoms with E-state index in [1.54, 1.807) is 12.1 Å². The summed E-state index contributed by atoms with van der Waals surface area (Å²) in [6, 6.07) is 7.43. The van der Waals surface area contributed by atoms with E-state index in [4.69, 9.17) is 16.3 Å². The predicted molar refractivity (Wildman–Crippen MR) is 78.0 cm³/mol. The Balaban J connectivity index is 1.57. The Bertz CT molecular complexity index is 508. The fourth-order valence-corrected chi connectivity index (χ4v) is 3.46. The Kier molecular flexibility index (Phi) is 3.85. The summed E-state index contributed by atoms with van der Waals surface area (Å²) in [7, 11) is 0. The third-order valence-corrected chi connectivity index (χ3v) is 4.65. The Morgan fingerprint density at radius 1 is 1.50 bits per heavy atom. The number of fused-ring (bicyclic) bond motifs is 1. The van der Waals surface area contributed by atoms with Crippen molar-refractivity contribution in [2.45, 2.75) is 13.0 Å². The van der Waals surface area contributed by atoms with Crippen LogP contribution < -0.4 is 10.1 Å². The first-order valence-corrected chi connectivity index (χ1v) is 7.41. The van der Waals surface area contributed by atoms with Gasteiger partial charge in [-0.25, -0.2) is 0 Å². The first kappa shape index (κ1) is 13.7. The van der Waals surface area contributed by atoms with Crippen molar-refractivity contribution in [2.24, 2.45) is 11.8 Å². The zero-order chi connectivity index (χ0) is 14.1. The van der Waals surface area contributed by atoms with E-state index < -0.39 is 0 Å². The molecule has 0 radical (unpaired) electrons. The number of halogens is 1. The number of carbonyl (C=O) groups is 1. The molecule has 4 nitrogen and oxygen atoms in total. The monoisotopic (exact) mass is 294 g/mol. The van der Waals surface area contributed by atoms with Crippen molar-refractivity contribution in [1.82, 2.24) is 10.2 Å². The molecule has 2 aliphatic heterocycles. The molecule has 0 aromatic heterocycles. The summed E-state index contributed by atoms with van der Waals surface area (Å²) in [5.74, 6) is 1.89. The molecule has 0 spiro atoms. The summed E-state index contributed by atoms with van der Waals surface area (Å²) >= 11 is 5.89. The highest BCUT2D eigenvalue weighted by Gasteiger charge is 2.43. The number of hydrogen-bond donors (Lipinski definition) is 1. The van der Waals surface area contributed by atoms with Gasteiger partial charge in [0.1, 0.15) is 5.75 Å². The molecule has 3 unspecified atom stereocenters. The SMILES string of the molecule is CC1C2CNCC2CN1C(=O)COc1cccc(Cl)c1. The largest absolute Gasteiger partial charge is 0.484 e. The van der Waals surface area contributed by atoms with Gasteiger partial charge >= 0.3 is 0 Å². The Morgan fingerprint density at radius 2 is 2.35 bits per heavy atom. The van der Waals surface area contributed by atoms with Crippen LogP contribution in [-0.4, -0.2) is 43.1 Å². The van der Waals surface area contributed by atoms with Crippen LogP contribution >= 0.6 is 11.6 Å². The molecular formula is C15H19ClN2O2. The van der Waals surface area contributed by atoms with Crippen molar-refractivity contribution in [3.05, 3.63) is 29.3 Å². The summed E-state index contributed by atoms with van der Waals surface area (Å²) in [5.41, 5.74) is 0. The lowest BCUT2D eigenvalue weighted by Gasteiger charge is -2.24. The number of amides is 1.